The first-order valence-corrected chi connectivity index (χ1v) is 8.03. The van der Waals surface area contributed by atoms with Gasteiger partial charge in [0.1, 0.15) is 0 Å². The highest BCUT2D eigenvalue weighted by atomic mass is 16.4. The summed E-state index contributed by atoms with van der Waals surface area (Å²) in [5.74, 6) is -0.783. The smallest absolute Gasteiger partial charge is 0.317 e. The normalized spacial score (nSPS) is 27.4. The Morgan fingerprint density at radius 2 is 2.00 bits per heavy atom. The van der Waals surface area contributed by atoms with Gasteiger partial charge in [-0.1, -0.05) is 0 Å². The molecule has 2 heterocycles. The Morgan fingerprint density at radius 3 is 2.71 bits per heavy atom. The fourth-order valence-electron chi connectivity index (χ4n) is 3.40. The van der Waals surface area contributed by atoms with Gasteiger partial charge in [0.05, 0.1) is 0 Å². The first-order chi connectivity index (χ1) is 10.1. The maximum absolute atomic E-state index is 12.5. The molecule has 0 aromatic carbocycles. The van der Waals surface area contributed by atoms with Gasteiger partial charge in [-0.3, -0.25) is 4.79 Å². The molecule has 0 radical (unpaired) electrons. The molecule has 2 atom stereocenters. The van der Waals surface area contributed by atoms with E-state index in [0.29, 0.717) is 6.42 Å². The van der Waals surface area contributed by atoms with Gasteiger partial charge in [-0.2, -0.15) is 0 Å². The van der Waals surface area contributed by atoms with Crippen LogP contribution in [-0.4, -0.2) is 65.7 Å². The van der Waals surface area contributed by atoms with Crippen LogP contribution in [0.15, 0.2) is 0 Å². The Balaban J connectivity index is 1.86. The number of urea groups is 1. The van der Waals surface area contributed by atoms with Crippen molar-refractivity contribution in [2.45, 2.75) is 57.0 Å². The van der Waals surface area contributed by atoms with E-state index in [4.69, 9.17) is 5.11 Å². The van der Waals surface area contributed by atoms with Gasteiger partial charge in [0.15, 0.2) is 0 Å². The van der Waals surface area contributed by atoms with Crippen molar-refractivity contribution in [1.82, 2.24) is 15.1 Å². The number of carbonyl (C=O) groups excluding carboxylic acids is 1. The summed E-state index contributed by atoms with van der Waals surface area (Å²) in [6.45, 7) is 2.75. The number of hydrogen-bond donors (Lipinski definition) is 2. The lowest BCUT2D eigenvalue weighted by molar-refractivity contribution is -0.137. The van der Waals surface area contributed by atoms with Crippen LogP contribution in [0, 0.1) is 0 Å². The number of piperidine rings is 2. The summed E-state index contributed by atoms with van der Waals surface area (Å²) in [6.07, 6.45) is 5.87. The van der Waals surface area contributed by atoms with Crippen molar-refractivity contribution in [1.29, 1.82) is 0 Å². The van der Waals surface area contributed by atoms with Gasteiger partial charge >= 0.3 is 12.0 Å². The van der Waals surface area contributed by atoms with Gasteiger partial charge in [0, 0.05) is 31.6 Å². The minimum Gasteiger partial charge on any atom is -0.481 e. The van der Waals surface area contributed by atoms with Crippen molar-refractivity contribution in [2.75, 3.05) is 26.7 Å². The van der Waals surface area contributed by atoms with E-state index in [1.54, 1.807) is 0 Å². The number of carboxylic acids is 1. The average Bonchev–Trinajstić information content (AvgIpc) is 2.45. The molecule has 0 spiro atoms. The van der Waals surface area contributed by atoms with Crippen LogP contribution in [0.1, 0.15) is 44.9 Å². The second kappa shape index (κ2) is 7.64. The third-order valence-corrected chi connectivity index (χ3v) is 4.53. The standard InChI is InChI=1S/C15H27N3O3/c1-17-9-4-5-12(11-17)16-15(21)18-10-3-2-6-13(18)7-8-14(19)20/h12-13H,2-11H2,1H3,(H,16,21)(H,19,20). The molecule has 2 fully saturated rings. The van der Waals surface area contributed by atoms with Crippen LogP contribution in [0.25, 0.3) is 0 Å². The minimum absolute atomic E-state index is 0.00890. The molecule has 120 valence electrons. The Bertz CT molecular complexity index is 375. The predicted octanol–water partition coefficient (Wildman–Crippen LogP) is 1.51. The number of aliphatic carboxylic acids is 1. The average molecular weight is 297 g/mol. The molecule has 0 aromatic rings. The molecule has 2 unspecified atom stereocenters. The number of nitrogens with zero attached hydrogens (tertiary/aromatic N) is 2. The quantitative estimate of drug-likeness (QED) is 0.825. The Labute approximate surface area is 126 Å². The molecular formula is C15H27N3O3. The van der Waals surface area contributed by atoms with Crippen LogP contribution >= 0.6 is 0 Å². The van der Waals surface area contributed by atoms with Crippen molar-refractivity contribution in [2.24, 2.45) is 0 Å². The molecule has 6 nitrogen and oxygen atoms in total. The number of carbonyl (C=O) groups is 2. The van der Waals surface area contributed by atoms with E-state index in [1.165, 1.54) is 0 Å². The van der Waals surface area contributed by atoms with Crippen LogP contribution in [0.3, 0.4) is 0 Å². The fourth-order valence-corrected chi connectivity index (χ4v) is 3.40. The summed E-state index contributed by atoms with van der Waals surface area (Å²) in [4.78, 5) is 27.3. The zero-order valence-electron chi connectivity index (χ0n) is 12.9. The maximum atomic E-state index is 12.5. The summed E-state index contributed by atoms with van der Waals surface area (Å²) in [5, 5.41) is 12.0. The minimum atomic E-state index is -0.783. The first kappa shape index (κ1) is 16.1. The van der Waals surface area contributed by atoms with E-state index < -0.39 is 5.97 Å². The van der Waals surface area contributed by atoms with E-state index in [9.17, 15) is 9.59 Å². The molecule has 0 bridgehead atoms. The number of likely N-dealkylation sites (tertiary alicyclic amines) is 2. The highest BCUT2D eigenvalue weighted by Gasteiger charge is 2.29. The monoisotopic (exact) mass is 297 g/mol. The molecule has 0 aliphatic carbocycles. The summed E-state index contributed by atoms with van der Waals surface area (Å²) in [5.41, 5.74) is 0. The van der Waals surface area contributed by atoms with E-state index >= 15 is 0 Å². The van der Waals surface area contributed by atoms with Crippen molar-refractivity contribution in [3.05, 3.63) is 0 Å². The number of rotatable bonds is 4. The summed E-state index contributed by atoms with van der Waals surface area (Å²) in [6, 6.07) is 0.292. The molecule has 0 saturated carbocycles. The number of hydrogen-bond acceptors (Lipinski definition) is 3. The zero-order valence-corrected chi connectivity index (χ0v) is 12.9. The molecule has 21 heavy (non-hydrogen) atoms. The van der Waals surface area contributed by atoms with Crippen LogP contribution < -0.4 is 5.32 Å². The van der Waals surface area contributed by atoms with Crippen LogP contribution in [0.4, 0.5) is 4.79 Å². The first-order valence-electron chi connectivity index (χ1n) is 8.03. The van der Waals surface area contributed by atoms with Crippen LogP contribution in [-0.2, 0) is 4.79 Å². The fraction of sp³-hybridized carbons (Fsp3) is 0.867. The topological polar surface area (TPSA) is 72.9 Å². The van der Waals surface area contributed by atoms with Gasteiger partial charge in [-0.05, 0) is 52.1 Å². The zero-order chi connectivity index (χ0) is 15.2. The lowest BCUT2D eigenvalue weighted by Crippen LogP contribution is -2.54. The molecule has 2 N–H and O–H groups in total. The van der Waals surface area contributed by atoms with Crippen LogP contribution in [0.2, 0.25) is 0 Å². The highest BCUT2D eigenvalue weighted by Crippen LogP contribution is 2.21. The SMILES string of the molecule is CN1CCCC(NC(=O)N2CCCCC2CCC(=O)O)C1. The number of carboxylic acid groups (broad SMARTS) is 1. The van der Waals surface area contributed by atoms with E-state index in [-0.39, 0.29) is 24.5 Å². The molecule has 2 aliphatic heterocycles. The number of likely N-dealkylation sites (N-methyl/N-ethyl adjacent to an activating group) is 1. The molecule has 6 heteroatoms. The van der Waals surface area contributed by atoms with E-state index in [1.807, 2.05) is 4.90 Å². The van der Waals surface area contributed by atoms with Crippen molar-refractivity contribution in [3.63, 3.8) is 0 Å². The van der Waals surface area contributed by atoms with Gasteiger partial charge in [-0.15, -0.1) is 0 Å². The molecule has 2 aliphatic rings. The number of nitrogens with one attached hydrogen (secondary N) is 1. The van der Waals surface area contributed by atoms with Gasteiger partial charge in [0.2, 0.25) is 0 Å². The van der Waals surface area contributed by atoms with Crippen molar-refractivity contribution in [3.8, 4) is 0 Å². The molecule has 2 rings (SSSR count). The lowest BCUT2D eigenvalue weighted by atomic mass is 9.98. The van der Waals surface area contributed by atoms with E-state index in [0.717, 1.165) is 51.7 Å². The Kier molecular flexibility index (Phi) is 5.85. The highest BCUT2D eigenvalue weighted by molar-refractivity contribution is 5.75. The van der Waals surface area contributed by atoms with Gasteiger partial charge in [-0.25, -0.2) is 4.79 Å². The van der Waals surface area contributed by atoms with Gasteiger partial charge in [0.25, 0.3) is 0 Å². The molecule has 0 aromatic heterocycles. The van der Waals surface area contributed by atoms with Crippen molar-refractivity contribution >= 4 is 12.0 Å². The summed E-state index contributed by atoms with van der Waals surface area (Å²) >= 11 is 0. The van der Waals surface area contributed by atoms with E-state index in [2.05, 4.69) is 17.3 Å². The third kappa shape index (κ3) is 4.88. The second-order valence-corrected chi connectivity index (χ2v) is 6.33. The van der Waals surface area contributed by atoms with Crippen molar-refractivity contribution < 1.29 is 14.7 Å². The second-order valence-electron chi connectivity index (χ2n) is 6.33. The third-order valence-electron chi connectivity index (χ3n) is 4.53. The molecule has 2 saturated heterocycles. The van der Waals surface area contributed by atoms with Gasteiger partial charge < -0.3 is 20.2 Å². The maximum Gasteiger partial charge on any atom is 0.317 e. The Morgan fingerprint density at radius 1 is 1.19 bits per heavy atom. The summed E-state index contributed by atoms with van der Waals surface area (Å²) in [7, 11) is 2.08. The Hall–Kier alpha value is -1.30. The predicted molar refractivity (Wildman–Crippen MR) is 80.3 cm³/mol. The van der Waals surface area contributed by atoms with Crippen LogP contribution in [0.5, 0.6) is 0 Å². The molecular weight excluding hydrogens is 270 g/mol. The lowest BCUT2D eigenvalue weighted by Gasteiger charge is -2.38. The largest absolute Gasteiger partial charge is 0.481 e. The summed E-state index contributed by atoms with van der Waals surface area (Å²) < 4.78 is 0. The number of amides is 2. The molecule has 2 amide bonds.